The Labute approximate surface area is 60.3 Å². The molecule has 0 amide bonds. The van der Waals surface area contributed by atoms with Gasteiger partial charge in [-0.2, -0.15) is 4.89 Å². The average molecular weight is 154 g/mol. The average Bonchev–Trinajstić information content (AvgIpc) is 1.88. The SMILES string of the molecule is [O-][P+](O)=Cc1ccccc1. The van der Waals surface area contributed by atoms with Crippen molar-refractivity contribution in [3.63, 3.8) is 0 Å². The molecule has 0 heterocycles. The summed E-state index contributed by atoms with van der Waals surface area (Å²) >= 11 is 0. The van der Waals surface area contributed by atoms with Gasteiger partial charge < -0.3 is 4.89 Å². The van der Waals surface area contributed by atoms with E-state index in [2.05, 4.69) is 0 Å². The van der Waals surface area contributed by atoms with Gasteiger partial charge in [0.05, 0.1) is 0 Å². The minimum atomic E-state index is -2.15. The largest absolute Gasteiger partial charge is 0.603 e. The molecule has 1 aromatic rings. The van der Waals surface area contributed by atoms with E-state index >= 15 is 0 Å². The first kappa shape index (κ1) is 7.42. The zero-order chi connectivity index (χ0) is 7.40. The zero-order valence-corrected chi connectivity index (χ0v) is 6.16. The predicted molar refractivity (Wildman–Crippen MR) is 40.7 cm³/mol. The van der Waals surface area contributed by atoms with Crippen molar-refractivity contribution < 1.29 is 9.79 Å². The van der Waals surface area contributed by atoms with Crippen LogP contribution in [0.4, 0.5) is 0 Å². The van der Waals surface area contributed by atoms with Gasteiger partial charge >= 0.3 is 0 Å². The van der Waals surface area contributed by atoms with Crippen LogP contribution in [0.2, 0.25) is 0 Å². The van der Waals surface area contributed by atoms with Crippen molar-refractivity contribution in [2.75, 3.05) is 0 Å². The Hall–Kier alpha value is -0.690. The first-order valence-electron chi connectivity index (χ1n) is 2.84. The first-order valence-corrected chi connectivity index (χ1v) is 4.12. The molecule has 0 radical (unpaired) electrons. The summed E-state index contributed by atoms with van der Waals surface area (Å²) in [5.74, 6) is 1.31. The summed E-state index contributed by atoms with van der Waals surface area (Å²) in [6.45, 7) is 0. The Kier molecular flexibility index (Phi) is 2.57. The van der Waals surface area contributed by atoms with Crippen LogP contribution >= 0.6 is 8.00 Å². The van der Waals surface area contributed by atoms with Crippen molar-refractivity contribution in [2.24, 2.45) is 0 Å². The maximum absolute atomic E-state index is 10.3. The molecule has 1 rings (SSSR count). The van der Waals surface area contributed by atoms with E-state index in [9.17, 15) is 4.89 Å². The fourth-order valence-corrected chi connectivity index (χ4v) is 1.09. The number of hydrogen-bond acceptors (Lipinski definition) is 2. The van der Waals surface area contributed by atoms with E-state index in [4.69, 9.17) is 4.89 Å². The van der Waals surface area contributed by atoms with Gasteiger partial charge in [-0.3, -0.25) is 0 Å². The molecule has 1 atom stereocenters. The van der Waals surface area contributed by atoms with Crippen LogP contribution in [0.25, 0.3) is 0 Å². The van der Waals surface area contributed by atoms with E-state index in [0.29, 0.717) is 0 Å². The molecule has 1 N–H and O–H groups in total. The van der Waals surface area contributed by atoms with Gasteiger partial charge in [0.2, 0.25) is 8.00 Å². The second-order valence-corrected chi connectivity index (χ2v) is 2.71. The summed E-state index contributed by atoms with van der Waals surface area (Å²) in [5, 5.41) is 0. The molecule has 0 aromatic heterocycles. The van der Waals surface area contributed by atoms with Crippen LogP contribution in [0.1, 0.15) is 5.56 Å². The third kappa shape index (κ3) is 2.28. The highest BCUT2D eigenvalue weighted by atomic mass is 31.1. The third-order valence-electron chi connectivity index (χ3n) is 1.06. The zero-order valence-electron chi connectivity index (χ0n) is 5.27. The van der Waals surface area contributed by atoms with Gasteiger partial charge in [-0.05, 0) is 0 Å². The Morgan fingerprint density at radius 1 is 1.30 bits per heavy atom. The maximum atomic E-state index is 10.3. The molecule has 2 nitrogen and oxygen atoms in total. The van der Waals surface area contributed by atoms with Crippen LogP contribution < -0.4 is 4.89 Å². The molecule has 0 aliphatic heterocycles. The van der Waals surface area contributed by atoms with Crippen LogP contribution in [0.15, 0.2) is 30.3 Å². The summed E-state index contributed by atoms with van der Waals surface area (Å²) in [6.07, 6.45) is 0. The molecular formula is C7H7O2P. The lowest BCUT2D eigenvalue weighted by molar-refractivity contribution is -0.167. The van der Waals surface area contributed by atoms with Crippen molar-refractivity contribution in [3.05, 3.63) is 35.9 Å². The highest BCUT2D eigenvalue weighted by Gasteiger charge is 1.89. The summed E-state index contributed by atoms with van der Waals surface area (Å²) in [4.78, 5) is 18.7. The molecule has 0 aliphatic carbocycles. The second-order valence-electron chi connectivity index (χ2n) is 1.84. The fraction of sp³-hybridized carbons (Fsp3) is 0. The fourth-order valence-electron chi connectivity index (χ4n) is 0.667. The van der Waals surface area contributed by atoms with Crippen LogP contribution in [-0.2, 0) is 0 Å². The van der Waals surface area contributed by atoms with Gasteiger partial charge in [0, 0.05) is 5.56 Å². The molecule has 0 saturated carbocycles. The molecule has 0 saturated heterocycles. The quantitative estimate of drug-likeness (QED) is 0.598. The maximum Gasteiger partial charge on any atom is 0.218 e. The van der Waals surface area contributed by atoms with Gasteiger partial charge in [-0.15, -0.1) is 0 Å². The van der Waals surface area contributed by atoms with Crippen molar-refractivity contribution in [3.8, 4) is 0 Å². The normalized spacial score (nSPS) is 11.6. The molecule has 3 heteroatoms. The molecule has 1 aromatic carbocycles. The Morgan fingerprint density at radius 3 is 2.40 bits per heavy atom. The van der Waals surface area contributed by atoms with E-state index in [-0.39, 0.29) is 0 Å². The van der Waals surface area contributed by atoms with Gasteiger partial charge in [-0.1, -0.05) is 30.3 Å². The Bertz CT molecular complexity index is 227. The summed E-state index contributed by atoms with van der Waals surface area (Å²) < 4.78 is 0. The molecule has 0 fully saturated rings. The van der Waals surface area contributed by atoms with Crippen LogP contribution in [0.3, 0.4) is 0 Å². The molecule has 0 aliphatic rings. The molecular weight excluding hydrogens is 147 g/mol. The molecule has 52 valence electrons. The predicted octanol–water partition coefficient (Wildman–Crippen LogP) is 0.501. The third-order valence-corrected chi connectivity index (χ3v) is 1.58. The van der Waals surface area contributed by atoms with E-state index in [1.54, 1.807) is 12.1 Å². The van der Waals surface area contributed by atoms with E-state index in [1.165, 1.54) is 5.80 Å². The highest BCUT2D eigenvalue weighted by molar-refractivity contribution is 7.44. The minimum Gasteiger partial charge on any atom is -0.603 e. The Balaban J connectivity index is 2.87. The molecule has 10 heavy (non-hydrogen) atoms. The minimum absolute atomic E-state index is 0.783. The van der Waals surface area contributed by atoms with Crippen molar-refractivity contribution in [2.45, 2.75) is 0 Å². The number of rotatable bonds is 1. The summed E-state index contributed by atoms with van der Waals surface area (Å²) in [6, 6.07) is 9.07. The number of hydrogen-bond donors (Lipinski definition) is 1. The second kappa shape index (κ2) is 3.47. The molecule has 0 spiro atoms. The van der Waals surface area contributed by atoms with Gasteiger partial charge in [-0.25, -0.2) is 0 Å². The lowest BCUT2D eigenvalue weighted by Crippen LogP contribution is -1.88. The van der Waals surface area contributed by atoms with E-state index in [0.717, 1.165) is 5.56 Å². The lowest BCUT2D eigenvalue weighted by atomic mass is 10.2. The number of benzene rings is 1. The molecule has 0 bridgehead atoms. The van der Waals surface area contributed by atoms with E-state index in [1.807, 2.05) is 18.2 Å². The van der Waals surface area contributed by atoms with Crippen LogP contribution in [0.5, 0.6) is 0 Å². The van der Waals surface area contributed by atoms with Gasteiger partial charge in [0.1, 0.15) is 5.80 Å². The van der Waals surface area contributed by atoms with Crippen molar-refractivity contribution in [1.29, 1.82) is 0 Å². The summed E-state index contributed by atoms with van der Waals surface area (Å²) in [5.41, 5.74) is 0.783. The monoisotopic (exact) mass is 154 g/mol. The standard InChI is InChI=1S/C7H7O2P/c8-10(9)6-7-4-2-1-3-5-7/h1-6H,(H,8,9). The summed E-state index contributed by atoms with van der Waals surface area (Å²) in [7, 11) is -2.15. The Morgan fingerprint density at radius 2 is 1.90 bits per heavy atom. The van der Waals surface area contributed by atoms with Crippen molar-refractivity contribution in [1.82, 2.24) is 0 Å². The van der Waals surface area contributed by atoms with Gasteiger partial charge in [0.15, 0.2) is 0 Å². The van der Waals surface area contributed by atoms with Gasteiger partial charge in [0.25, 0.3) is 0 Å². The topological polar surface area (TPSA) is 43.3 Å². The van der Waals surface area contributed by atoms with E-state index < -0.39 is 8.00 Å². The smallest absolute Gasteiger partial charge is 0.218 e. The van der Waals surface area contributed by atoms with Crippen molar-refractivity contribution >= 4 is 13.8 Å². The highest BCUT2D eigenvalue weighted by Crippen LogP contribution is 2.04. The lowest BCUT2D eigenvalue weighted by Gasteiger charge is -1.87. The van der Waals surface area contributed by atoms with Crippen LogP contribution in [-0.4, -0.2) is 10.7 Å². The van der Waals surface area contributed by atoms with Crippen LogP contribution in [0, 0.1) is 0 Å². The molecule has 1 unspecified atom stereocenters. The first-order chi connectivity index (χ1) is 4.79.